The molecule has 8 nitrogen and oxygen atoms in total. The third-order valence-electron chi connectivity index (χ3n) is 4.13. The van der Waals surface area contributed by atoms with Crippen LogP contribution in [0.3, 0.4) is 0 Å². The van der Waals surface area contributed by atoms with Crippen molar-refractivity contribution in [3.8, 4) is 0 Å². The minimum Gasteiger partial charge on any atom is -0.468 e. The van der Waals surface area contributed by atoms with E-state index in [-0.39, 0.29) is 10.5 Å². The van der Waals surface area contributed by atoms with Gasteiger partial charge in [-0.15, -0.1) is 10.2 Å². The highest BCUT2D eigenvalue weighted by Gasteiger charge is 2.30. The summed E-state index contributed by atoms with van der Waals surface area (Å²) in [5, 5.41) is 7.93. The summed E-state index contributed by atoms with van der Waals surface area (Å²) < 4.78 is 34.3. The summed E-state index contributed by atoms with van der Waals surface area (Å²) >= 11 is 0. The Balaban J connectivity index is 2.22. The Morgan fingerprint density at radius 2 is 1.81 bits per heavy atom. The second-order valence-corrected chi connectivity index (χ2v) is 8.08. The summed E-state index contributed by atoms with van der Waals surface area (Å²) in [4.78, 5) is 11.9. The number of carbonyl (C=O) groups excluding carboxylic acids is 1. The molecule has 142 valence electrons. The maximum atomic E-state index is 13.5. The predicted octanol–water partition coefficient (Wildman–Crippen LogP) is 2.02. The lowest BCUT2D eigenvalue weighted by Gasteiger charge is -2.24. The molecule has 3 rings (SSSR count). The highest BCUT2D eigenvalue weighted by Crippen LogP contribution is 2.27. The van der Waals surface area contributed by atoms with E-state index in [9.17, 15) is 13.2 Å². The van der Waals surface area contributed by atoms with E-state index in [4.69, 9.17) is 4.74 Å². The Labute approximate surface area is 157 Å². The average molecular weight is 388 g/mol. The van der Waals surface area contributed by atoms with E-state index in [0.717, 1.165) is 15.4 Å². The Hall–Kier alpha value is -2.94. The lowest BCUT2D eigenvalue weighted by atomic mass is 10.1. The summed E-state index contributed by atoms with van der Waals surface area (Å²) in [7, 11) is -2.88. The summed E-state index contributed by atoms with van der Waals surface area (Å²) in [6, 6.07) is 8.40. The lowest BCUT2D eigenvalue weighted by Crippen LogP contribution is -2.36. The number of methoxy groups -OCH3 is 1. The maximum Gasteiger partial charge on any atom is 0.326 e. The smallest absolute Gasteiger partial charge is 0.326 e. The van der Waals surface area contributed by atoms with Crippen LogP contribution in [0.5, 0.6) is 0 Å². The molecule has 0 spiro atoms. The van der Waals surface area contributed by atoms with Gasteiger partial charge in [0.2, 0.25) is 0 Å². The zero-order chi connectivity index (χ0) is 19.8. The first-order valence-corrected chi connectivity index (χ1v) is 9.66. The number of fused-ring (bicyclic) bond motifs is 1. The average Bonchev–Trinajstić information content (AvgIpc) is 2.99. The Bertz CT molecular complexity index is 1100. The van der Waals surface area contributed by atoms with Crippen molar-refractivity contribution in [2.24, 2.45) is 0 Å². The second kappa shape index (κ2) is 6.99. The minimum absolute atomic E-state index is 0.0336. The van der Waals surface area contributed by atoms with Crippen LogP contribution < -0.4 is 4.31 Å². The van der Waals surface area contributed by atoms with E-state index >= 15 is 0 Å². The first kappa shape index (κ1) is 18.8. The molecule has 1 aromatic carbocycles. The van der Waals surface area contributed by atoms with Crippen molar-refractivity contribution >= 4 is 27.3 Å². The fourth-order valence-corrected chi connectivity index (χ4v) is 4.43. The van der Waals surface area contributed by atoms with Crippen LogP contribution in [0.1, 0.15) is 17.0 Å². The Kier molecular flexibility index (Phi) is 4.88. The van der Waals surface area contributed by atoms with Gasteiger partial charge >= 0.3 is 5.97 Å². The van der Waals surface area contributed by atoms with Crippen LogP contribution in [0.2, 0.25) is 0 Å². The zero-order valence-electron chi connectivity index (χ0n) is 15.5. The second-order valence-electron chi connectivity index (χ2n) is 6.25. The molecule has 27 heavy (non-hydrogen) atoms. The van der Waals surface area contributed by atoms with Gasteiger partial charge in [0.05, 0.1) is 12.8 Å². The molecule has 0 aliphatic rings. The molecule has 0 N–H and O–H groups in total. The summed E-state index contributed by atoms with van der Waals surface area (Å²) in [5.74, 6) is -0.102. The number of hydrogen-bond donors (Lipinski definition) is 0. The van der Waals surface area contributed by atoms with Crippen LogP contribution in [-0.4, -0.2) is 42.6 Å². The highest BCUT2D eigenvalue weighted by atomic mass is 32.2. The van der Waals surface area contributed by atoms with Gasteiger partial charge in [-0.2, -0.15) is 0 Å². The van der Waals surface area contributed by atoms with Crippen molar-refractivity contribution in [2.45, 2.75) is 25.7 Å². The molecule has 0 atom stereocenters. The molecule has 0 saturated heterocycles. The van der Waals surface area contributed by atoms with Gasteiger partial charge in [0.15, 0.2) is 5.65 Å². The largest absolute Gasteiger partial charge is 0.468 e. The first-order valence-electron chi connectivity index (χ1n) is 8.22. The van der Waals surface area contributed by atoms with Crippen molar-refractivity contribution in [2.75, 3.05) is 18.0 Å². The minimum atomic E-state index is -4.10. The Morgan fingerprint density at radius 1 is 1.15 bits per heavy atom. The molecule has 2 aromatic heterocycles. The van der Waals surface area contributed by atoms with Crippen molar-refractivity contribution < 1.29 is 17.9 Å². The molecule has 0 aliphatic heterocycles. The van der Waals surface area contributed by atoms with Crippen molar-refractivity contribution in [1.29, 1.82) is 0 Å². The van der Waals surface area contributed by atoms with Crippen LogP contribution >= 0.6 is 0 Å². The van der Waals surface area contributed by atoms with E-state index in [2.05, 4.69) is 10.2 Å². The quantitative estimate of drug-likeness (QED) is 0.621. The van der Waals surface area contributed by atoms with E-state index in [1.165, 1.54) is 13.2 Å². The lowest BCUT2D eigenvalue weighted by molar-refractivity contribution is -0.138. The van der Waals surface area contributed by atoms with Crippen LogP contribution in [0.4, 0.5) is 5.69 Å². The molecular formula is C18H20N4O4S. The van der Waals surface area contributed by atoms with Gasteiger partial charge in [0.1, 0.15) is 17.3 Å². The van der Waals surface area contributed by atoms with Crippen molar-refractivity contribution in [3.05, 3.63) is 53.5 Å². The number of anilines is 1. The third kappa shape index (κ3) is 3.50. The Morgan fingerprint density at radius 3 is 2.44 bits per heavy atom. The summed E-state index contributed by atoms with van der Waals surface area (Å²) in [6.07, 6.45) is 1.69. The molecule has 0 fully saturated rings. The number of sulfonamides is 1. The van der Waals surface area contributed by atoms with Gasteiger partial charge in [-0.3, -0.25) is 13.5 Å². The van der Waals surface area contributed by atoms with Gasteiger partial charge in [0, 0.05) is 6.20 Å². The molecule has 2 heterocycles. The standard InChI is InChI=1S/C18H20N4O4S/c1-12-8-13(2)10-15(9-12)22(11-17(23)26-4)27(24,25)16-6-5-7-21-14(3)19-20-18(16)21/h5-10H,11H2,1-4H3. The van der Waals surface area contributed by atoms with Gasteiger partial charge in [-0.25, -0.2) is 8.42 Å². The van der Waals surface area contributed by atoms with E-state index in [1.54, 1.807) is 35.7 Å². The number of benzene rings is 1. The summed E-state index contributed by atoms with van der Waals surface area (Å²) in [5.41, 5.74) is 2.35. The molecule has 0 unspecified atom stereocenters. The molecule has 0 bridgehead atoms. The number of aromatic nitrogens is 3. The van der Waals surface area contributed by atoms with Crippen LogP contribution in [-0.2, 0) is 19.6 Å². The number of carbonyl (C=O) groups is 1. The SMILES string of the molecule is COC(=O)CN(c1cc(C)cc(C)c1)S(=O)(=O)c1cccn2c(C)nnc12. The van der Waals surface area contributed by atoms with Gasteiger partial charge in [-0.05, 0) is 56.2 Å². The predicted molar refractivity (Wildman–Crippen MR) is 100 cm³/mol. The highest BCUT2D eigenvalue weighted by molar-refractivity contribution is 7.93. The number of esters is 1. The molecule has 9 heteroatoms. The monoisotopic (exact) mass is 388 g/mol. The number of aryl methyl sites for hydroxylation is 3. The third-order valence-corrected chi connectivity index (χ3v) is 5.93. The van der Waals surface area contributed by atoms with E-state index < -0.39 is 22.5 Å². The van der Waals surface area contributed by atoms with E-state index in [1.807, 2.05) is 19.9 Å². The number of rotatable bonds is 5. The maximum absolute atomic E-state index is 13.5. The van der Waals surface area contributed by atoms with Gasteiger partial charge in [0.25, 0.3) is 10.0 Å². The topological polar surface area (TPSA) is 93.9 Å². The van der Waals surface area contributed by atoms with Gasteiger partial charge in [-0.1, -0.05) is 6.07 Å². The molecule has 0 amide bonds. The van der Waals surface area contributed by atoms with Crippen molar-refractivity contribution in [1.82, 2.24) is 14.6 Å². The summed E-state index contributed by atoms with van der Waals surface area (Å²) in [6.45, 7) is 5.01. The number of nitrogens with zero attached hydrogens (tertiary/aromatic N) is 4. The van der Waals surface area contributed by atoms with Crippen LogP contribution in [0, 0.1) is 20.8 Å². The van der Waals surface area contributed by atoms with E-state index in [0.29, 0.717) is 11.5 Å². The zero-order valence-corrected chi connectivity index (χ0v) is 16.3. The van der Waals surface area contributed by atoms with Gasteiger partial charge < -0.3 is 4.74 Å². The first-order chi connectivity index (χ1) is 12.7. The molecule has 0 aliphatic carbocycles. The number of ether oxygens (including phenoxy) is 1. The fraction of sp³-hybridized carbons (Fsp3) is 0.278. The fourth-order valence-electron chi connectivity index (χ4n) is 2.92. The molecule has 0 radical (unpaired) electrons. The normalized spacial score (nSPS) is 11.6. The van der Waals surface area contributed by atoms with Crippen molar-refractivity contribution in [3.63, 3.8) is 0 Å². The number of pyridine rings is 1. The molecular weight excluding hydrogens is 368 g/mol. The number of hydrogen-bond acceptors (Lipinski definition) is 6. The molecule has 0 saturated carbocycles. The van der Waals surface area contributed by atoms with Crippen LogP contribution in [0.25, 0.3) is 5.65 Å². The van der Waals surface area contributed by atoms with Crippen LogP contribution in [0.15, 0.2) is 41.4 Å². The molecule has 3 aromatic rings.